The van der Waals surface area contributed by atoms with Crippen molar-refractivity contribution in [2.24, 2.45) is 23.0 Å². The summed E-state index contributed by atoms with van der Waals surface area (Å²) in [6.07, 6.45) is 5.20. The third-order valence-corrected chi connectivity index (χ3v) is 4.18. The highest BCUT2D eigenvalue weighted by atomic mass is 35.5. The molecule has 3 nitrogen and oxygen atoms in total. The lowest BCUT2D eigenvalue weighted by atomic mass is 9.90. The lowest BCUT2D eigenvalue weighted by molar-refractivity contribution is -0.130. The Balaban J connectivity index is 0.00000128. The van der Waals surface area contributed by atoms with E-state index in [-0.39, 0.29) is 18.3 Å². The lowest BCUT2D eigenvalue weighted by Crippen LogP contribution is -2.47. The molecule has 2 aliphatic rings. The second-order valence-corrected chi connectivity index (χ2v) is 5.84. The number of amides is 1. The maximum Gasteiger partial charge on any atom is 0.227 e. The molecule has 3 atom stereocenters. The number of carbonyl (C=O) groups is 1. The Morgan fingerprint density at radius 1 is 1.38 bits per heavy atom. The smallest absolute Gasteiger partial charge is 0.227 e. The van der Waals surface area contributed by atoms with Crippen molar-refractivity contribution in [2.75, 3.05) is 6.54 Å². The molecule has 2 aliphatic carbocycles. The molecule has 4 heteroatoms. The number of nitrogens with two attached hydrogens (primary N) is 1. The number of hydrogen-bond donors (Lipinski definition) is 2. The molecular weight excluding hydrogens is 224 g/mol. The molecule has 0 aromatic heterocycles. The maximum atomic E-state index is 11.9. The van der Waals surface area contributed by atoms with Gasteiger partial charge in [0.25, 0.3) is 0 Å². The molecule has 0 saturated heterocycles. The summed E-state index contributed by atoms with van der Waals surface area (Å²) in [5.74, 6) is 1.75. The standard InChI is InChI=1S/C12H22N2O.ClH/c1-12(2,7-13)11(15)14-10-6-8-3-4-9(10)5-8;/h8-10H,3-7,13H2,1-2H3,(H,14,15);1H. The Morgan fingerprint density at radius 2 is 2.06 bits per heavy atom. The first-order valence-electron chi connectivity index (χ1n) is 6.04. The van der Waals surface area contributed by atoms with Crippen molar-refractivity contribution < 1.29 is 4.79 Å². The molecule has 2 saturated carbocycles. The fraction of sp³-hybridized carbons (Fsp3) is 0.917. The lowest BCUT2D eigenvalue weighted by Gasteiger charge is -2.28. The van der Waals surface area contributed by atoms with E-state index >= 15 is 0 Å². The Morgan fingerprint density at radius 3 is 2.50 bits per heavy atom. The van der Waals surface area contributed by atoms with Gasteiger partial charge in [0, 0.05) is 12.6 Å². The molecule has 2 rings (SSSR count). The second kappa shape index (κ2) is 4.92. The highest BCUT2D eigenvalue weighted by Crippen LogP contribution is 2.44. The molecule has 0 spiro atoms. The molecule has 3 N–H and O–H groups in total. The fourth-order valence-corrected chi connectivity index (χ4v) is 2.88. The maximum absolute atomic E-state index is 11.9. The number of carbonyl (C=O) groups excluding carboxylic acids is 1. The molecular formula is C12H23ClN2O. The van der Waals surface area contributed by atoms with Gasteiger partial charge in [-0.25, -0.2) is 0 Å². The van der Waals surface area contributed by atoms with Gasteiger partial charge in [-0.15, -0.1) is 12.4 Å². The summed E-state index contributed by atoms with van der Waals surface area (Å²) in [6.45, 7) is 4.24. The molecule has 3 unspecified atom stereocenters. The summed E-state index contributed by atoms with van der Waals surface area (Å²) >= 11 is 0. The Kier molecular flexibility index (Phi) is 4.24. The van der Waals surface area contributed by atoms with Crippen LogP contribution in [-0.4, -0.2) is 18.5 Å². The van der Waals surface area contributed by atoms with Gasteiger partial charge in [-0.2, -0.15) is 0 Å². The SMILES string of the molecule is CC(C)(CN)C(=O)NC1CC2CCC1C2.Cl. The molecule has 0 aromatic carbocycles. The quantitative estimate of drug-likeness (QED) is 0.797. The van der Waals surface area contributed by atoms with Gasteiger partial charge in [-0.05, 0) is 44.9 Å². The predicted molar refractivity (Wildman–Crippen MR) is 67.5 cm³/mol. The van der Waals surface area contributed by atoms with Gasteiger partial charge in [-0.1, -0.05) is 6.42 Å². The third kappa shape index (κ3) is 2.51. The van der Waals surface area contributed by atoms with Crippen molar-refractivity contribution >= 4 is 18.3 Å². The monoisotopic (exact) mass is 246 g/mol. The van der Waals surface area contributed by atoms with Crippen molar-refractivity contribution in [1.29, 1.82) is 0 Å². The highest BCUT2D eigenvalue weighted by molar-refractivity contribution is 5.85. The normalized spacial score (nSPS) is 32.3. The van der Waals surface area contributed by atoms with Crippen LogP contribution in [0.1, 0.15) is 39.5 Å². The minimum Gasteiger partial charge on any atom is -0.353 e. The van der Waals surface area contributed by atoms with E-state index in [1.165, 1.54) is 25.7 Å². The van der Waals surface area contributed by atoms with Crippen molar-refractivity contribution in [3.05, 3.63) is 0 Å². The average molecular weight is 247 g/mol. The Hall–Kier alpha value is -0.280. The van der Waals surface area contributed by atoms with Gasteiger partial charge >= 0.3 is 0 Å². The summed E-state index contributed by atoms with van der Waals surface area (Å²) in [5, 5.41) is 3.18. The van der Waals surface area contributed by atoms with Crippen molar-refractivity contribution in [1.82, 2.24) is 5.32 Å². The van der Waals surface area contributed by atoms with Crippen molar-refractivity contribution in [3.63, 3.8) is 0 Å². The van der Waals surface area contributed by atoms with Gasteiger partial charge in [0.05, 0.1) is 5.41 Å². The van der Waals surface area contributed by atoms with E-state index < -0.39 is 5.41 Å². The minimum absolute atomic E-state index is 0. The molecule has 94 valence electrons. The van der Waals surface area contributed by atoms with Gasteiger partial charge in [0.1, 0.15) is 0 Å². The van der Waals surface area contributed by atoms with E-state index in [4.69, 9.17) is 5.73 Å². The number of hydrogen-bond acceptors (Lipinski definition) is 2. The zero-order chi connectivity index (χ0) is 11.1. The molecule has 0 aromatic rings. The highest BCUT2D eigenvalue weighted by Gasteiger charge is 2.41. The van der Waals surface area contributed by atoms with Crippen LogP contribution in [-0.2, 0) is 4.79 Å². The molecule has 0 heterocycles. The van der Waals surface area contributed by atoms with Crippen LogP contribution in [0.3, 0.4) is 0 Å². The zero-order valence-electron chi connectivity index (χ0n) is 10.2. The van der Waals surface area contributed by atoms with Crippen LogP contribution >= 0.6 is 12.4 Å². The van der Waals surface area contributed by atoms with Crippen LogP contribution in [0.2, 0.25) is 0 Å². The van der Waals surface area contributed by atoms with Crippen molar-refractivity contribution in [3.8, 4) is 0 Å². The van der Waals surface area contributed by atoms with E-state index in [1.807, 2.05) is 13.8 Å². The van der Waals surface area contributed by atoms with Gasteiger partial charge in [-0.3, -0.25) is 4.79 Å². The third-order valence-electron chi connectivity index (χ3n) is 4.18. The van der Waals surface area contributed by atoms with Gasteiger partial charge in [0.15, 0.2) is 0 Å². The first-order chi connectivity index (χ1) is 7.03. The molecule has 2 fully saturated rings. The number of rotatable bonds is 3. The van der Waals surface area contributed by atoms with Crippen LogP contribution in [0, 0.1) is 17.3 Å². The number of nitrogens with one attached hydrogen (secondary N) is 1. The topological polar surface area (TPSA) is 55.1 Å². The van der Waals surface area contributed by atoms with E-state index in [0.717, 1.165) is 11.8 Å². The molecule has 16 heavy (non-hydrogen) atoms. The first-order valence-corrected chi connectivity index (χ1v) is 6.04. The summed E-state index contributed by atoms with van der Waals surface area (Å²) in [5.41, 5.74) is 5.18. The second-order valence-electron chi connectivity index (χ2n) is 5.84. The summed E-state index contributed by atoms with van der Waals surface area (Å²) in [6, 6.07) is 0.432. The van der Waals surface area contributed by atoms with E-state index in [9.17, 15) is 4.79 Å². The Bertz CT molecular complexity index is 268. The van der Waals surface area contributed by atoms with Gasteiger partial charge in [0.2, 0.25) is 5.91 Å². The van der Waals surface area contributed by atoms with Crippen molar-refractivity contribution in [2.45, 2.75) is 45.6 Å². The summed E-state index contributed by atoms with van der Waals surface area (Å²) < 4.78 is 0. The minimum atomic E-state index is -0.415. The van der Waals surface area contributed by atoms with E-state index in [0.29, 0.717) is 12.6 Å². The van der Waals surface area contributed by atoms with Crippen LogP contribution in [0.4, 0.5) is 0 Å². The fourth-order valence-electron chi connectivity index (χ4n) is 2.88. The van der Waals surface area contributed by atoms with Crippen LogP contribution in [0.25, 0.3) is 0 Å². The van der Waals surface area contributed by atoms with Crippen LogP contribution < -0.4 is 11.1 Å². The van der Waals surface area contributed by atoms with Crippen LogP contribution in [0.5, 0.6) is 0 Å². The molecule has 0 aliphatic heterocycles. The average Bonchev–Trinajstić information content (AvgIpc) is 2.79. The molecule has 2 bridgehead atoms. The van der Waals surface area contributed by atoms with Crippen LogP contribution in [0.15, 0.2) is 0 Å². The number of fused-ring (bicyclic) bond motifs is 2. The van der Waals surface area contributed by atoms with E-state index in [2.05, 4.69) is 5.32 Å². The first kappa shape index (κ1) is 13.8. The van der Waals surface area contributed by atoms with Gasteiger partial charge < -0.3 is 11.1 Å². The zero-order valence-corrected chi connectivity index (χ0v) is 11.0. The Labute approximate surface area is 104 Å². The number of halogens is 1. The largest absolute Gasteiger partial charge is 0.353 e. The predicted octanol–water partition coefficient (Wildman–Crippen LogP) is 1.70. The summed E-state index contributed by atoms with van der Waals surface area (Å²) in [4.78, 5) is 11.9. The molecule has 1 amide bonds. The van der Waals surface area contributed by atoms with E-state index in [1.54, 1.807) is 0 Å². The summed E-state index contributed by atoms with van der Waals surface area (Å²) in [7, 11) is 0. The molecule has 0 radical (unpaired) electrons.